The highest BCUT2D eigenvalue weighted by Gasteiger charge is 2.44. The average Bonchev–Trinajstić information content (AvgIpc) is 2.88. The number of hydrogen-bond acceptors (Lipinski definition) is 2. The van der Waals surface area contributed by atoms with Gasteiger partial charge in [-0.1, -0.05) is 39.0 Å². The van der Waals surface area contributed by atoms with Crippen molar-refractivity contribution in [1.29, 1.82) is 0 Å². The van der Waals surface area contributed by atoms with Crippen molar-refractivity contribution in [1.82, 2.24) is 10.2 Å². The highest BCUT2D eigenvalue weighted by atomic mass is 19.4. The zero-order valence-corrected chi connectivity index (χ0v) is 14.0. The Morgan fingerprint density at radius 2 is 1.92 bits per heavy atom. The quantitative estimate of drug-likeness (QED) is 0.873. The molecule has 2 rings (SSSR count). The minimum absolute atomic E-state index is 0.0559. The van der Waals surface area contributed by atoms with Gasteiger partial charge in [-0.25, -0.2) is 4.79 Å². The Morgan fingerprint density at radius 1 is 1.29 bits per heavy atom. The maximum atomic E-state index is 13.1. The summed E-state index contributed by atoms with van der Waals surface area (Å²) in [4.78, 5) is 12.8. The predicted molar refractivity (Wildman–Crippen MR) is 84.7 cm³/mol. The van der Waals surface area contributed by atoms with Gasteiger partial charge in [-0.15, -0.1) is 0 Å². The average molecular weight is 344 g/mol. The molecule has 24 heavy (non-hydrogen) atoms. The highest BCUT2D eigenvalue weighted by molar-refractivity contribution is 5.66. The lowest BCUT2D eigenvalue weighted by molar-refractivity contribution is -0.138. The molecule has 0 aromatic heterocycles. The molecule has 4 nitrogen and oxygen atoms in total. The van der Waals surface area contributed by atoms with Crippen LogP contribution in [0.1, 0.15) is 38.3 Å². The smallest absolute Gasteiger partial charge is 0.416 e. The Kier molecular flexibility index (Phi) is 5.13. The van der Waals surface area contributed by atoms with E-state index in [1.165, 1.54) is 17.0 Å². The fourth-order valence-corrected chi connectivity index (χ4v) is 3.48. The van der Waals surface area contributed by atoms with Gasteiger partial charge < -0.3 is 15.3 Å². The maximum absolute atomic E-state index is 13.1. The standard InChI is InChI=1S/C17H23F3N2O2/c1-16(2,3)14-13(8-9-22(14)15(23)24)21-10-11-6-4-5-7-12(11)17(18,19)20/h4-7,13-14,21H,8-10H2,1-3H3,(H,23,24)/t13-,14?/m0/s1. The van der Waals surface area contributed by atoms with Crippen molar-refractivity contribution < 1.29 is 23.1 Å². The number of nitrogens with zero attached hydrogens (tertiary/aromatic N) is 1. The van der Waals surface area contributed by atoms with Gasteiger partial charge in [0.05, 0.1) is 11.6 Å². The summed E-state index contributed by atoms with van der Waals surface area (Å²) < 4.78 is 39.2. The molecule has 0 bridgehead atoms. The van der Waals surface area contributed by atoms with Crippen LogP contribution in [-0.2, 0) is 12.7 Å². The molecule has 7 heteroatoms. The van der Waals surface area contributed by atoms with Crippen LogP contribution in [0.4, 0.5) is 18.0 Å². The van der Waals surface area contributed by atoms with Gasteiger partial charge in [0.1, 0.15) is 0 Å². The number of hydrogen-bond donors (Lipinski definition) is 2. The summed E-state index contributed by atoms with van der Waals surface area (Å²) in [5.74, 6) is 0. The van der Waals surface area contributed by atoms with Crippen molar-refractivity contribution in [3.8, 4) is 0 Å². The number of likely N-dealkylation sites (tertiary alicyclic amines) is 1. The number of nitrogens with one attached hydrogen (secondary N) is 1. The third-order valence-electron chi connectivity index (χ3n) is 4.41. The van der Waals surface area contributed by atoms with E-state index in [2.05, 4.69) is 5.32 Å². The molecule has 1 aromatic rings. The SMILES string of the molecule is CC(C)(C)C1[C@@H](NCc2ccccc2C(F)(F)F)CCN1C(=O)O. The van der Waals surface area contributed by atoms with Gasteiger partial charge in [0.15, 0.2) is 0 Å². The van der Waals surface area contributed by atoms with Crippen LogP contribution < -0.4 is 5.32 Å². The fraction of sp³-hybridized carbons (Fsp3) is 0.588. The third kappa shape index (κ3) is 4.01. The lowest BCUT2D eigenvalue weighted by Gasteiger charge is -2.37. The molecule has 1 aliphatic rings. The lowest BCUT2D eigenvalue weighted by atomic mass is 9.82. The molecule has 2 atom stereocenters. The number of halogens is 3. The Labute approximate surface area is 139 Å². The van der Waals surface area contributed by atoms with Crippen LogP contribution in [0.15, 0.2) is 24.3 Å². The number of carboxylic acid groups (broad SMARTS) is 1. The second-order valence-corrected chi connectivity index (χ2v) is 7.22. The number of carbonyl (C=O) groups is 1. The predicted octanol–water partition coefficient (Wildman–Crippen LogP) is 3.96. The van der Waals surface area contributed by atoms with Crippen LogP contribution >= 0.6 is 0 Å². The van der Waals surface area contributed by atoms with E-state index in [1.807, 2.05) is 20.8 Å². The molecule has 1 aliphatic heterocycles. The first-order valence-corrected chi connectivity index (χ1v) is 7.90. The molecule has 1 unspecified atom stereocenters. The van der Waals surface area contributed by atoms with E-state index in [0.717, 1.165) is 6.07 Å². The van der Waals surface area contributed by atoms with Crippen LogP contribution in [0.3, 0.4) is 0 Å². The fourth-order valence-electron chi connectivity index (χ4n) is 3.48. The van der Waals surface area contributed by atoms with E-state index in [9.17, 15) is 23.1 Å². The van der Waals surface area contributed by atoms with Crippen molar-refractivity contribution in [2.45, 2.75) is 52.0 Å². The largest absolute Gasteiger partial charge is 0.465 e. The summed E-state index contributed by atoms with van der Waals surface area (Å²) in [7, 11) is 0. The van der Waals surface area contributed by atoms with Gasteiger partial charge in [0.2, 0.25) is 0 Å². The molecular formula is C17H23F3N2O2. The molecule has 1 fully saturated rings. The van der Waals surface area contributed by atoms with Crippen molar-refractivity contribution in [2.24, 2.45) is 5.41 Å². The second-order valence-electron chi connectivity index (χ2n) is 7.22. The molecule has 1 saturated heterocycles. The Bertz CT molecular complexity index is 596. The van der Waals surface area contributed by atoms with E-state index in [4.69, 9.17) is 0 Å². The van der Waals surface area contributed by atoms with Crippen LogP contribution in [0.2, 0.25) is 0 Å². The Morgan fingerprint density at radius 3 is 2.46 bits per heavy atom. The normalized spacial score (nSPS) is 22.0. The first-order valence-electron chi connectivity index (χ1n) is 7.90. The summed E-state index contributed by atoms with van der Waals surface area (Å²) in [6, 6.07) is 5.00. The molecule has 0 radical (unpaired) electrons. The first-order chi connectivity index (χ1) is 11.0. The van der Waals surface area contributed by atoms with E-state index < -0.39 is 17.8 Å². The van der Waals surface area contributed by atoms with E-state index in [-0.39, 0.29) is 29.6 Å². The van der Waals surface area contributed by atoms with E-state index in [0.29, 0.717) is 13.0 Å². The molecule has 0 saturated carbocycles. The van der Waals surface area contributed by atoms with Crippen molar-refractivity contribution in [3.05, 3.63) is 35.4 Å². The molecule has 0 spiro atoms. The zero-order valence-electron chi connectivity index (χ0n) is 14.0. The van der Waals surface area contributed by atoms with Crippen LogP contribution in [0.5, 0.6) is 0 Å². The molecule has 1 heterocycles. The van der Waals surface area contributed by atoms with Crippen LogP contribution in [0, 0.1) is 5.41 Å². The monoisotopic (exact) mass is 344 g/mol. The first kappa shape index (κ1) is 18.6. The van der Waals surface area contributed by atoms with Crippen molar-refractivity contribution >= 4 is 6.09 Å². The van der Waals surface area contributed by atoms with Crippen molar-refractivity contribution in [2.75, 3.05) is 6.54 Å². The van der Waals surface area contributed by atoms with Gasteiger partial charge in [-0.3, -0.25) is 0 Å². The van der Waals surface area contributed by atoms with Gasteiger partial charge in [-0.2, -0.15) is 13.2 Å². The van der Waals surface area contributed by atoms with E-state index in [1.54, 1.807) is 6.07 Å². The summed E-state index contributed by atoms with van der Waals surface area (Å²) in [6.45, 7) is 6.27. The molecular weight excluding hydrogens is 321 g/mol. The second kappa shape index (κ2) is 6.63. The van der Waals surface area contributed by atoms with Gasteiger partial charge in [0, 0.05) is 19.1 Å². The van der Waals surface area contributed by atoms with Gasteiger partial charge in [0.25, 0.3) is 0 Å². The molecule has 1 amide bonds. The van der Waals surface area contributed by atoms with E-state index >= 15 is 0 Å². The van der Waals surface area contributed by atoms with Crippen LogP contribution in [-0.4, -0.2) is 34.7 Å². The topological polar surface area (TPSA) is 52.6 Å². The summed E-state index contributed by atoms with van der Waals surface area (Å²) in [6.07, 6.45) is -4.80. The highest BCUT2D eigenvalue weighted by Crippen LogP contribution is 2.34. The van der Waals surface area contributed by atoms with Crippen molar-refractivity contribution in [3.63, 3.8) is 0 Å². The minimum Gasteiger partial charge on any atom is -0.465 e. The number of rotatable bonds is 3. The van der Waals surface area contributed by atoms with Crippen LogP contribution in [0.25, 0.3) is 0 Å². The van der Waals surface area contributed by atoms with Gasteiger partial charge >= 0.3 is 12.3 Å². The number of benzene rings is 1. The lowest BCUT2D eigenvalue weighted by Crippen LogP contribution is -2.51. The molecule has 2 N–H and O–H groups in total. The number of amides is 1. The van der Waals surface area contributed by atoms with Gasteiger partial charge in [-0.05, 0) is 23.5 Å². The molecule has 0 aliphatic carbocycles. The Balaban J connectivity index is 2.16. The molecule has 134 valence electrons. The maximum Gasteiger partial charge on any atom is 0.416 e. The summed E-state index contributed by atoms with van der Waals surface area (Å²) in [5.41, 5.74) is -0.792. The third-order valence-corrected chi connectivity index (χ3v) is 4.41. The summed E-state index contributed by atoms with van der Waals surface area (Å²) in [5, 5.41) is 12.5. The zero-order chi connectivity index (χ0) is 18.1. The number of alkyl halides is 3. The summed E-state index contributed by atoms with van der Waals surface area (Å²) >= 11 is 0. The molecule has 1 aromatic carbocycles. The minimum atomic E-state index is -4.40. The Hall–Kier alpha value is -1.76.